The molecule has 1 aromatic rings. The lowest BCUT2D eigenvalue weighted by atomic mass is 10.2. The molecule has 1 rings (SSSR count). The average molecular weight is 190 g/mol. The van der Waals surface area contributed by atoms with Crippen LogP contribution in [0.25, 0.3) is 0 Å². The Bertz CT molecular complexity index is 373. The molecule has 1 aromatic carbocycles. The van der Waals surface area contributed by atoms with Crippen molar-refractivity contribution in [1.29, 1.82) is 0 Å². The molecular weight excluding hydrogens is 180 g/mol. The van der Waals surface area contributed by atoms with E-state index in [1.54, 1.807) is 24.3 Å². The Hall–Kier alpha value is -2.15. The van der Waals surface area contributed by atoms with Crippen LogP contribution in [0.3, 0.4) is 0 Å². The molecule has 72 valence electrons. The zero-order valence-electron chi connectivity index (χ0n) is 7.45. The minimum Gasteiger partial charge on any atom is -0.465 e. The number of anilines is 1. The number of rotatable bonds is 1. The van der Waals surface area contributed by atoms with Gasteiger partial charge in [0.1, 0.15) is 0 Å². The highest BCUT2D eigenvalue weighted by atomic mass is 16.4. The van der Waals surface area contributed by atoms with Crippen LogP contribution in [0.15, 0.2) is 24.3 Å². The molecule has 0 fully saturated rings. The molecule has 0 unspecified atom stereocenters. The van der Waals surface area contributed by atoms with Crippen molar-refractivity contribution in [2.75, 3.05) is 12.3 Å². The van der Waals surface area contributed by atoms with Gasteiger partial charge in [0.2, 0.25) is 0 Å². The number of carboxylic acid groups (broad SMARTS) is 1. The van der Waals surface area contributed by atoms with Gasteiger partial charge in [-0.3, -0.25) is 0 Å². The van der Waals surface area contributed by atoms with Crippen molar-refractivity contribution in [3.63, 3.8) is 0 Å². The highest BCUT2D eigenvalue weighted by Gasteiger charge is 1.88. The summed E-state index contributed by atoms with van der Waals surface area (Å²) in [5.74, 6) is 5.47. The topological polar surface area (TPSA) is 75.3 Å². The molecule has 0 aliphatic rings. The smallest absolute Gasteiger partial charge is 0.405 e. The van der Waals surface area contributed by atoms with Crippen molar-refractivity contribution >= 4 is 11.8 Å². The van der Waals surface area contributed by atoms with Crippen LogP contribution in [-0.2, 0) is 0 Å². The van der Waals surface area contributed by atoms with Gasteiger partial charge in [0, 0.05) is 11.3 Å². The molecule has 0 saturated heterocycles. The third kappa shape index (κ3) is 3.50. The van der Waals surface area contributed by atoms with Crippen LogP contribution in [0.1, 0.15) is 5.56 Å². The Labute approximate surface area is 81.7 Å². The van der Waals surface area contributed by atoms with E-state index in [-0.39, 0.29) is 6.54 Å². The molecular formula is C10H10N2O2. The second-order valence-electron chi connectivity index (χ2n) is 2.58. The third-order valence-corrected chi connectivity index (χ3v) is 1.47. The van der Waals surface area contributed by atoms with Gasteiger partial charge in [-0.1, -0.05) is 11.8 Å². The number of nitrogens with two attached hydrogens (primary N) is 1. The van der Waals surface area contributed by atoms with E-state index < -0.39 is 6.09 Å². The SMILES string of the molecule is Nc1ccc(C#CCNC(=O)O)cc1. The van der Waals surface area contributed by atoms with Crippen LogP contribution in [0.5, 0.6) is 0 Å². The lowest BCUT2D eigenvalue weighted by molar-refractivity contribution is 0.196. The summed E-state index contributed by atoms with van der Waals surface area (Å²) < 4.78 is 0. The van der Waals surface area contributed by atoms with E-state index >= 15 is 0 Å². The summed E-state index contributed by atoms with van der Waals surface area (Å²) in [6.45, 7) is 0.125. The predicted octanol–water partition coefficient (Wildman–Crippen LogP) is 0.888. The van der Waals surface area contributed by atoms with Crippen molar-refractivity contribution in [3.05, 3.63) is 29.8 Å². The van der Waals surface area contributed by atoms with E-state index in [0.29, 0.717) is 5.69 Å². The second-order valence-corrected chi connectivity index (χ2v) is 2.58. The lowest BCUT2D eigenvalue weighted by Crippen LogP contribution is -2.20. The molecule has 0 saturated carbocycles. The zero-order chi connectivity index (χ0) is 10.4. The standard InChI is InChI=1S/C10H10N2O2/c11-9-5-3-8(4-6-9)2-1-7-12-10(13)14/h3-6,12H,7,11H2,(H,13,14). The lowest BCUT2D eigenvalue weighted by Gasteiger charge is -1.92. The van der Waals surface area contributed by atoms with Gasteiger partial charge in [0.05, 0.1) is 6.54 Å². The molecule has 0 aliphatic carbocycles. The summed E-state index contributed by atoms with van der Waals surface area (Å²) in [4.78, 5) is 10.1. The number of hydrogen-bond acceptors (Lipinski definition) is 2. The Balaban J connectivity index is 2.51. The minimum absolute atomic E-state index is 0.125. The fourth-order valence-electron chi connectivity index (χ4n) is 0.833. The van der Waals surface area contributed by atoms with Gasteiger partial charge < -0.3 is 16.2 Å². The van der Waals surface area contributed by atoms with E-state index in [4.69, 9.17) is 10.8 Å². The first-order chi connectivity index (χ1) is 6.68. The van der Waals surface area contributed by atoms with Crippen molar-refractivity contribution in [3.8, 4) is 11.8 Å². The van der Waals surface area contributed by atoms with Gasteiger partial charge in [0.15, 0.2) is 0 Å². The van der Waals surface area contributed by atoms with E-state index in [2.05, 4.69) is 17.2 Å². The Morgan fingerprint density at radius 3 is 2.64 bits per heavy atom. The zero-order valence-corrected chi connectivity index (χ0v) is 7.45. The Kier molecular flexibility index (Phi) is 3.39. The maximum Gasteiger partial charge on any atom is 0.405 e. The molecule has 0 spiro atoms. The number of carbonyl (C=O) groups is 1. The number of hydrogen-bond donors (Lipinski definition) is 3. The fraction of sp³-hybridized carbons (Fsp3) is 0.100. The molecule has 0 radical (unpaired) electrons. The van der Waals surface area contributed by atoms with Gasteiger partial charge in [-0.25, -0.2) is 4.79 Å². The van der Waals surface area contributed by atoms with Crippen molar-refractivity contribution in [2.24, 2.45) is 0 Å². The van der Waals surface area contributed by atoms with Crippen LogP contribution in [-0.4, -0.2) is 17.7 Å². The molecule has 0 aliphatic heterocycles. The first kappa shape index (κ1) is 9.93. The van der Waals surface area contributed by atoms with Crippen molar-refractivity contribution < 1.29 is 9.90 Å². The fourth-order valence-corrected chi connectivity index (χ4v) is 0.833. The van der Waals surface area contributed by atoms with Crippen LogP contribution in [0.4, 0.5) is 10.5 Å². The molecule has 0 atom stereocenters. The first-order valence-electron chi connectivity index (χ1n) is 3.99. The first-order valence-corrected chi connectivity index (χ1v) is 3.99. The quantitative estimate of drug-likeness (QED) is 0.454. The summed E-state index contributed by atoms with van der Waals surface area (Å²) >= 11 is 0. The summed E-state index contributed by atoms with van der Waals surface area (Å²) in [5, 5.41) is 10.4. The van der Waals surface area contributed by atoms with Gasteiger partial charge in [-0.2, -0.15) is 0 Å². The van der Waals surface area contributed by atoms with Crippen LogP contribution in [0.2, 0.25) is 0 Å². The van der Waals surface area contributed by atoms with Crippen molar-refractivity contribution in [2.45, 2.75) is 0 Å². The Morgan fingerprint density at radius 2 is 2.07 bits per heavy atom. The second kappa shape index (κ2) is 4.77. The van der Waals surface area contributed by atoms with E-state index in [1.807, 2.05) is 0 Å². The highest BCUT2D eigenvalue weighted by molar-refractivity contribution is 5.64. The summed E-state index contributed by atoms with van der Waals surface area (Å²) in [6.07, 6.45) is -1.07. The number of benzene rings is 1. The summed E-state index contributed by atoms with van der Waals surface area (Å²) in [6, 6.07) is 7.05. The Morgan fingerprint density at radius 1 is 1.43 bits per heavy atom. The van der Waals surface area contributed by atoms with Gasteiger partial charge in [-0.15, -0.1) is 0 Å². The third-order valence-electron chi connectivity index (χ3n) is 1.47. The van der Waals surface area contributed by atoms with E-state index in [9.17, 15) is 4.79 Å². The van der Waals surface area contributed by atoms with Crippen molar-refractivity contribution in [1.82, 2.24) is 5.32 Å². The van der Waals surface area contributed by atoms with E-state index in [1.165, 1.54) is 0 Å². The average Bonchev–Trinajstić information content (AvgIpc) is 2.15. The minimum atomic E-state index is -1.07. The normalized spacial score (nSPS) is 8.57. The molecule has 0 bridgehead atoms. The number of amides is 1. The predicted molar refractivity (Wildman–Crippen MR) is 53.8 cm³/mol. The molecule has 0 heterocycles. The van der Waals surface area contributed by atoms with Crippen LogP contribution < -0.4 is 11.1 Å². The molecule has 4 N–H and O–H groups in total. The molecule has 4 heteroatoms. The number of nitrogens with one attached hydrogen (secondary N) is 1. The maximum absolute atomic E-state index is 10.1. The molecule has 0 aromatic heterocycles. The summed E-state index contributed by atoms with van der Waals surface area (Å²) in [7, 11) is 0. The number of nitrogen functional groups attached to an aromatic ring is 1. The maximum atomic E-state index is 10.1. The van der Waals surface area contributed by atoms with Gasteiger partial charge in [-0.05, 0) is 24.3 Å². The molecule has 1 amide bonds. The molecule has 14 heavy (non-hydrogen) atoms. The van der Waals surface area contributed by atoms with Crippen LogP contribution >= 0.6 is 0 Å². The van der Waals surface area contributed by atoms with Gasteiger partial charge >= 0.3 is 6.09 Å². The highest BCUT2D eigenvalue weighted by Crippen LogP contribution is 2.03. The molecule has 4 nitrogen and oxygen atoms in total. The summed E-state index contributed by atoms with van der Waals surface area (Å²) in [5.41, 5.74) is 6.97. The largest absolute Gasteiger partial charge is 0.465 e. The monoisotopic (exact) mass is 190 g/mol. The van der Waals surface area contributed by atoms with Gasteiger partial charge in [0.25, 0.3) is 0 Å². The van der Waals surface area contributed by atoms with E-state index in [0.717, 1.165) is 5.56 Å². The van der Waals surface area contributed by atoms with Crippen LogP contribution in [0, 0.1) is 11.8 Å².